The predicted octanol–water partition coefficient (Wildman–Crippen LogP) is 11.6. The van der Waals surface area contributed by atoms with Gasteiger partial charge in [0.25, 0.3) is 0 Å². The summed E-state index contributed by atoms with van der Waals surface area (Å²) in [7, 11) is 3.02. The second-order valence-corrected chi connectivity index (χ2v) is 14.2. The Hall–Kier alpha value is -6.10. The molecule has 280 valence electrons. The molecule has 1 aliphatic carbocycles. The number of alkyl halides is 6. The van der Waals surface area contributed by atoms with Crippen LogP contribution in [0.2, 0.25) is 0 Å². The van der Waals surface area contributed by atoms with Crippen LogP contribution in [0.15, 0.2) is 103 Å². The number of hydrogen-bond donors (Lipinski definition) is 2. The molecule has 6 aromatic rings. The van der Waals surface area contributed by atoms with E-state index in [-0.39, 0.29) is 28.7 Å². The Morgan fingerprint density at radius 2 is 1.15 bits per heavy atom. The lowest BCUT2D eigenvalue weighted by Crippen LogP contribution is -2.35. The monoisotopic (exact) mass is 754 g/mol. The Labute approximate surface area is 311 Å². The first-order valence-electron chi connectivity index (χ1n) is 17.1. The predicted molar refractivity (Wildman–Crippen MR) is 197 cm³/mol. The summed E-state index contributed by atoms with van der Waals surface area (Å²) >= 11 is 0. The summed E-state index contributed by atoms with van der Waals surface area (Å²) in [6, 6.07) is 23.4. The summed E-state index contributed by atoms with van der Waals surface area (Å²) in [5.41, 5.74) is 0.241. The first-order valence-corrected chi connectivity index (χ1v) is 17.1. The summed E-state index contributed by atoms with van der Waals surface area (Å²) in [5, 5.41) is 21.7. The molecule has 55 heavy (non-hydrogen) atoms. The number of phenols is 2. The smallest absolute Gasteiger partial charge is 0.416 e. The Morgan fingerprint density at radius 1 is 0.618 bits per heavy atom. The zero-order valence-electron chi connectivity index (χ0n) is 29.8. The standard InChI is InChI=1S/C44H32F6O5/c1-41(2)35-19-23(24-17-27(43(45,46)47)20-28(18-24)44(48,49)50)5-14-31(35)38-33-21-36(53-3)37(54-4)22-34(33)40-32(39(38)41)15-16-42(55-40,25-6-10-29(51)11-7-25)26-8-12-30(52)13-9-26/h5-22,51-52H,1-4H3. The van der Waals surface area contributed by atoms with E-state index in [2.05, 4.69) is 0 Å². The van der Waals surface area contributed by atoms with E-state index in [1.807, 2.05) is 38.1 Å². The average Bonchev–Trinajstić information content (AvgIpc) is 3.39. The fourth-order valence-corrected chi connectivity index (χ4v) is 8.01. The normalized spacial score (nSPS) is 15.2. The lowest BCUT2D eigenvalue weighted by atomic mass is 9.76. The van der Waals surface area contributed by atoms with Gasteiger partial charge in [0.2, 0.25) is 0 Å². The molecule has 0 amide bonds. The van der Waals surface area contributed by atoms with Crippen LogP contribution < -0.4 is 14.2 Å². The van der Waals surface area contributed by atoms with E-state index >= 15 is 0 Å². The van der Waals surface area contributed by atoms with Crippen LogP contribution in [0, 0.1) is 0 Å². The minimum Gasteiger partial charge on any atom is -0.508 e. The van der Waals surface area contributed by atoms with Gasteiger partial charge in [-0.15, -0.1) is 0 Å². The highest BCUT2D eigenvalue weighted by atomic mass is 19.4. The third-order valence-electron chi connectivity index (χ3n) is 10.6. The Balaban J connectivity index is 1.40. The van der Waals surface area contributed by atoms with Crippen molar-refractivity contribution in [2.24, 2.45) is 0 Å². The molecule has 0 aromatic heterocycles. The fraction of sp³-hybridized carbons (Fsp3) is 0.182. The second-order valence-electron chi connectivity index (χ2n) is 14.2. The van der Waals surface area contributed by atoms with Crippen molar-refractivity contribution in [2.45, 2.75) is 37.2 Å². The van der Waals surface area contributed by atoms with Crippen molar-refractivity contribution >= 4 is 16.8 Å². The van der Waals surface area contributed by atoms with E-state index in [4.69, 9.17) is 14.2 Å². The van der Waals surface area contributed by atoms with Gasteiger partial charge in [-0.1, -0.05) is 56.3 Å². The number of benzene rings is 6. The SMILES string of the molecule is COc1cc2c3c(c4c(c2cc1OC)-c1ccc(-c2cc(C(F)(F)F)cc(C(F)(F)F)c2)cc1C4(C)C)C=CC(c1ccc(O)cc1)(c1ccc(O)cc1)O3. The number of methoxy groups -OCH3 is 2. The van der Waals surface area contributed by atoms with Crippen molar-refractivity contribution in [3.05, 3.63) is 142 Å². The summed E-state index contributed by atoms with van der Waals surface area (Å²) in [6.45, 7) is 3.91. The molecule has 1 heterocycles. The molecule has 0 spiro atoms. The van der Waals surface area contributed by atoms with Gasteiger partial charge in [-0.2, -0.15) is 26.3 Å². The quantitative estimate of drug-likeness (QED) is 0.172. The van der Waals surface area contributed by atoms with Crippen LogP contribution in [0.25, 0.3) is 39.1 Å². The molecule has 6 aromatic carbocycles. The van der Waals surface area contributed by atoms with Crippen LogP contribution in [-0.2, 0) is 23.4 Å². The molecule has 0 unspecified atom stereocenters. The van der Waals surface area contributed by atoms with Crippen LogP contribution in [0.4, 0.5) is 26.3 Å². The maximum Gasteiger partial charge on any atom is 0.416 e. The van der Waals surface area contributed by atoms with E-state index in [0.29, 0.717) is 50.3 Å². The summed E-state index contributed by atoms with van der Waals surface area (Å²) < 4.78 is 102. The van der Waals surface area contributed by atoms with E-state index in [0.717, 1.165) is 28.8 Å². The molecule has 5 nitrogen and oxygen atoms in total. The van der Waals surface area contributed by atoms with Crippen molar-refractivity contribution in [2.75, 3.05) is 14.2 Å². The number of fused-ring (bicyclic) bond motifs is 8. The minimum absolute atomic E-state index is 0.0588. The lowest BCUT2D eigenvalue weighted by Gasteiger charge is -2.38. The largest absolute Gasteiger partial charge is 0.508 e. The average molecular weight is 755 g/mol. The van der Waals surface area contributed by atoms with Gasteiger partial charge in [-0.3, -0.25) is 0 Å². The molecule has 0 bridgehead atoms. The summed E-state index contributed by atoms with van der Waals surface area (Å²) in [4.78, 5) is 0. The van der Waals surface area contributed by atoms with Crippen molar-refractivity contribution in [1.29, 1.82) is 0 Å². The molecule has 0 atom stereocenters. The first-order chi connectivity index (χ1) is 26.0. The summed E-state index contributed by atoms with van der Waals surface area (Å²) in [5.74, 6) is 1.45. The molecule has 0 saturated carbocycles. The molecular formula is C44H32F6O5. The number of rotatable bonds is 5. The number of halogens is 6. The van der Waals surface area contributed by atoms with Crippen LogP contribution in [0.3, 0.4) is 0 Å². The third kappa shape index (κ3) is 5.63. The van der Waals surface area contributed by atoms with Gasteiger partial charge in [-0.25, -0.2) is 0 Å². The highest BCUT2D eigenvalue weighted by Gasteiger charge is 2.45. The number of phenolic OH excluding ortho intramolecular Hbond substituents is 2. The Kier molecular flexibility index (Phi) is 7.97. The van der Waals surface area contributed by atoms with Crippen LogP contribution >= 0.6 is 0 Å². The zero-order chi connectivity index (χ0) is 39.2. The van der Waals surface area contributed by atoms with Gasteiger partial charge in [0.1, 0.15) is 17.2 Å². The zero-order valence-corrected chi connectivity index (χ0v) is 29.8. The summed E-state index contributed by atoms with van der Waals surface area (Å²) in [6.07, 6.45) is -6.15. The van der Waals surface area contributed by atoms with Gasteiger partial charge in [0.15, 0.2) is 17.1 Å². The molecule has 8 rings (SSSR count). The first kappa shape index (κ1) is 35.9. The molecule has 0 fully saturated rings. The maximum absolute atomic E-state index is 13.9. The lowest BCUT2D eigenvalue weighted by molar-refractivity contribution is -0.143. The van der Waals surface area contributed by atoms with Crippen molar-refractivity contribution in [1.82, 2.24) is 0 Å². The molecule has 0 radical (unpaired) electrons. The second kappa shape index (κ2) is 12.2. The van der Waals surface area contributed by atoms with Crippen molar-refractivity contribution in [3.8, 4) is 51.0 Å². The Morgan fingerprint density at radius 3 is 1.65 bits per heavy atom. The van der Waals surface area contributed by atoms with E-state index in [9.17, 15) is 36.6 Å². The molecule has 2 aliphatic rings. The topological polar surface area (TPSA) is 68.2 Å². The van der Waals surface area contributed by atoms with Crippen molar-refractivity contribution in [3.63, 3.8) is 0 Å². The molecule has 1 aliphatic heterocycles. The molecular weight excluding hydrogens is 722 g/mol. The third-order valence-corrected chi connectivity index (χ3v) is 10.6. The van der Waals surface area contributed by atoms with Gasteiger partial charge >= 0.3 is 12.4 Å². The van der Waals surface area contributed by atoms with E-state index in [1.165, 1.54) is 14.2 Å². The van der Waals surface area contributed by atoms with Gasteiger partial charge in [0, 0.05) is 27.5 Å². The van der Waals surface area contributed by atoms with Crippen LogP contribution in [0.1, 0.15) is 52.8 Å². The van der Waals surface area contributed by atoms with Crippen LogP contribution in [0.5, 0.6) is 28.7 Å². The minimum atomic E-state index is -5.00. The number of hydrogen-bond acceptors (Lipinski definition) is 5. The number of aromatic hydroxyl groups is 2. The fourth-order valence-electron chi connectivity index (χ4n) is 8.01. The van der Waals surface area contributed by atoms with Gasteiger partial charge in [-0.05, 0) is 106 Å². The molecule has 0 saturated heterocycles. The molecule has 2 N–H and O–H groups in total. The Bertz CT molecular complexity index is 2470. The van der Waals surface area contributed by atoms with Gasteiger partial charge < -0.3 is 24.4 Å². The van der Waals surface area contributed by atoms with Crippen molar-refractivity contribution < 1.29 is 50.8 Å². The number of ether oxygens (including phenoxy) is 3. The maximum atomic E-state index is 13.9. The highest BCUT2D eigenvalue weighted by Crippen LogP contribution is 2.59. The van der Waals surface area contributed by atoms with Gasteiger partial charge in [0.05, 0.1) is 25.3 Å². The van der Waals surface area contributed by atoms with Crippen LogP contribution in [-0.4, -0.2) is 24.4 Å². The van der Waals surface area contributed by atoms with E-state index in [1.54, 1.807) is 66.7 Å². The van der Waals surface area contributed by atoms with E-state index < -0.39 is 34.5 Å². The highest BCUT2D eigenvalue weighted by molar-refractivity contribution is 6.10. The molecule has 11 heteroatoms.